The van der Waals surface area contributed by atoms with E-state index in [1.54, 1.807) is 0 Å². The van der Waals surface area contributed by atoms with E-state index in [-0.39, 0.29) is 12.6 Å². The molecule has 1 heterocycles. The molecule has 0 aromatic heterocycles. The zero-order valence-electron chi connectivity index (χ0n) is 8.41. The van der Waals surface area contributed by atoms with E-state index in [4.69, 9.17) is 11.6 Å². The highest BCUT2D eigenvalue weighted by Gasteiger charge is 2.17. The minimum absolute atomic E-state index is 0.0555. The Labute approximate surface area is 94.6 Å². The van der Waals surface area contributed by atoms with Crippen LogP contribution < -0.4 is 5.32 Å². The van der Waals surface area contributed by atoms with Gasteiger partial charge < -0.3 is 10.4 Å². The van der Waals surface area contributed by atoms with Crippen molar-refractivity contribution in [3.8, 4) is 0 Å². The summed E-state index contributed by atoms with van der Waals surface area (Å²) in [6, 6.07) is 7.79. The molecule has 0 bridgehead atoms. The Morgan fingerprint density at radius 3 is 2.73 bits per heavy atom. The Hall–Kier alpha value is -0.830. The van der Waals surface area contributed by atoms with E-state index in [0.29, 0.717) is 0 Å². The van der Waals surface area contributed by atoms with Gasteiger partial charge in [-0.25, -0.2) is 0 Å². The molecule has 0 saturated heterocycles. The molecule has 0 radical (unpaired) electrons. The van der Waals surface area contributed by atoms with Crippen molar-refractivity contribution in [2.24, 2.45) is 0 Å². The molecule has 80 valence electrons. The molecule has 0 aliphatic carbocycles. The largest absolute Gasteiger partial charge is 0.394 e. The Bertz CT molecular complexity index is 358. The van der Waals surface area contributed by atoms with Crippen LogP contribution in [0.2, 0.25) is 5.02 Å². The minimum Gasteiger partial charge on any atom is -0.394 e. The molecule has 1 aliphatic heterocycles. The quantitative estimate of drug-likeness (QED) is 0.805. The predicted octanol–water partition coefficient (Wildman–Crippen LogP) is 2.08. The van der Waals surface area contributed by atoms with Gasteiger partial charge in [0.05, 0.1) is 12.6 Å². The lowest BCUT2D eigenvalue weighted by atomic mass is 9.95. The maximum absolute atomic E-state index is 9.25. The van der Waals surface area contributed by atoms with Gasteiger partial charge in [0, 0.05) is 5.02 Å². The van der Waals surface area contributed by atoms with Crippen LogP contribution in [0.5, 0.6) is 0 Å². The van der Waals surface area contributed by atoms with E-state index < -0.39 is 0 Å². The van der Waals surface area contributed by atoms with Crippen LogP contribution in [0.15, 0.2) is 30.3 Å². The number of benzene rings is 1. The summed E-state index contributed by atoms with van der Waals surface area (Å²) < 4.78 is 0. The minimum atomic E-state index is 0.0555. The molecule has 2 N–H and O–H groups in total. The molecular formula is C12H14ClNO. The molecule has 3 heteroatoms. The number of hydrogen-bond acceptors (Lipinski definition) is 2. The van der Waals surface area contributed by atoms with E-state index in [2.05, 4.69) is 11.4 Å². The van der Waals surface area contributed by atoms with Crippen LogP contribution >= 0.6 is 11.6 Å². The fraction of sp³-hybridized carbons (Fsp3) is 0.333. The SMILES string of the molecule is OCC1NCCC=C1c1ccc(Cl)cc1. The molecule has 1 atom stereocenters. The van der Waals surface area contributed by atoms with Crippen molar-refractivity contribution < 1.29 is 5.11 Å². The third kappa shape index (κ3) is 2.40. The Morgan fingerprint density at radius 2 is 2.07 bits per heavy atom. The lowest BCUT2D eigenvalue weighted by molar-refractivity contribution is 0.266. The Morgan fingerprint density at radius 1 is 1.33 bits per heavy atom. The van der Waals surface area contributed by atoms with Crippen molar-refractivity contribution in [2.45, 2.75) is 12.5 Å². The van der Waals surface area contributed by atoms with Crippen LogP contribution in [0, 0.1) is 0 Å². The van der Waals surface area contributed by atoms with Crippen LogP contribution in [0.4, 0.5) is 0 Å². The number of hydrogen-bond donors (Lipinski definition) is 2. The van der Waals surface area contributed by atoms with Crippen molar-refractivity contribution in [1.82, 2.24) is 5.32 Å². The van der Waals surface area contributed by atoms with E-state index >= 15 is 0 Å². The Kier molecular flexibility index (Phi) is 3.41. The van der Waals surface area contributed by atoms with Crippen molar-refractivity contribution >= 4 is 17.2 Å². The summed E-state index contributed by atoms with van der Waals surface area (Å²) in [5.74, 6) is 0. The molecule has 0 saturated carbocycles. The zero-order valence-corrected chi connectivity index (χ0v) is 9.17. The van der Waals surface area contributed by atoms with Crippen LogP contribution in [0.3, 0.4) is 0 Å². The molecular weight excluding hydrogens is 210 g/mol. The number of rotatable bonds is 2. The second-order valence-electron chi connectivity index (χ2n) is 3.64. The first-order valence-corrected chi connectivity index (χ1v) is 5.49. The van der Waals surface area contributed by atoms with E-state index in [0.717, 1.165) is 23.6 Å². The van der Waals surface area contributed by atoms with Gasteiger partial charge >= 0.3 is 0 Å². The van der Waals surface area contributed by atoms with Crippen molar-refractivity contribution in [1.29, 1.82) is 0 Å². The second kappa shape index (κ2) is 4.79. The highest BCUT2D eigenvalue weighted by molar-refractivity contribution is 6.30. The first kappa shape index (κ1) is 10.7. The number of nitrogens with one attached hydrogen (secondary N) is 1. The normalized spacial score (nSPS) is 21.2. The summed E-state index contributed by atoms with van der Waals surface area (Å²) in [7, 11) is 0. The average Bonchev–Trinajstić information content (AvgIpc) is 2.30. The lowest BCUT2D eigenvalue weighted by Gasteiger charge is -2.24. The maximum atomic E-state index is 9.25. The van der Waals surface area contributed by atoms with E-state index in [1.165, 1.54) is 5.57 Å². The topological polar surface area (TPSA) is 32.3 Å². The first-order chi connectivity index (χ1) is 7.31. The van der Waals surface area contributed by atoms with Crippen molar-refractivity contribution in [3.63, 3.8) is 0 Å². The van der Waals surface area contributed by atoms with Crippen LogP contribution in [-0.2, 0) is 0 Å². The molecule has 0 fully saturated rings. The monoisotopic (exact) mass is 223 g/mol. The van der Waals surface area contributed by atoms with Gasteiger partial charge in [0.1, 0.15) is 0 Å². The third-order valence-corrected chi connectivity index (χ3v) is 2.89. The standard InChI is InChI=1S/C12H14ClNO/c13-10-5-3-9(4-6-10)11-2-1-7-14-12(11)8-15/h2-6,12,14-15H,1,7-8H2. The highest BCUT2D eigenvalue weighted by atomic mass is 35.5. The summed E-state index contributed by atoms with van der Waals surface area (Å²) in [5.41, 5.74) is 2.30. The van der Waals surface area contributed by atoms with Gasteiger partial charge in [-0.05, 0) is 36.2 Å². The highest BCUT2D eigenvalue weighted by Crippen LogP contribution is 2.23. The summed E-state index contributed by atoms with van der Waals surface area (Å²) in [6.45, 7) is 1.07. The van der Waals surface area contributed by atoms with Crippen molar-refractivity contribution in [3.05, 3.63) is 40.9 Å². The van der Waals surface area contributed by atoms with Crippen molar-refractivity contribution in [2.75, 3.05) is 13.2 Å². The fourth-order valence-corrected chi connectivity index (χ4v) is 1.99. The number of aliphatic hydroxyl groups is 1. The lowest BCUT2D eigenvalue weighted by Crippen LogP contribution is -2.36. The first-order valence-electron chi connectivity index (χ1n) is 5.11. The second-order valence-corrected chi connectivity index (χ2v) is 4.08. The van der Waals surface area contributed by atoms with E-state index in [9.17, 15) is 5.11 Å². The Balaban J connectivity index is 2.28. The summed E-state index contributed by atoms with van der Waals surface area (Å²) in [4.78, 5) is 0. The zero-order chi connectivity index (χ0) is 10.7. The molecule has 1 unspecified atom stereocenters. The summed E-state index contributed by atoms with van der Waals surface area (Å²) in [6.07, 6.45) is 3.19. The maximum Gasteiger partial charge on any atom is 0.0626 e. The van der Waals surface area contributed by atoms with Gasteiger partial charge in [-0.15, -0.1) is 0 Å². The summed E-state index contributed by atoms with van der Waals surface area (Å²) in [5, 5.41) is 13.3. The molecule has 0 spiro atoms. The predicted molar refractivity (Wildman–Crippen MR) is 62.9 cm³/mol. The molecule has 0 amide bonds. The smallest absolute Gasteiger partial charge is 0.0626 e. The fourth-order valence-electron chi connectivity index (χ4n) is 1.86. The van der Waals surface area contributed by atoms with Crippen LogP contribution in [-0.4, -0.2) is 24.3 Å². The molecule has 2 nitrogen and oxygen atoms in total. The molecule has 1 aromatic carbocycles. The number of halogens is 1. The van der Waals surface area contributed by atoms with Gasteiger partial charge in [0.15, 0.2) is 0 Å². The van der Waals surface area contributed by atoms with Gasteiger partial charge in [-0.1, -0.05) is 29.8 Å². The average molecular weight is 224 g/mol. The molecule has 15 heavy (non-hydrogen) atoms. The number of aliphatic hydroxyl groups excluding tert-OH is 1. The van der Waals surface area contributed by atoms with Gasteiger partial charge in [-0.2, -0.15) is 0 Å². The third-order valence-electron chi connectivity index (χ3n) is 2.63. The van der Waals surface area contributed by atoms with Gasteiger partial charge in [-0.3, -0.25) is 0 Å². The van der Waals surface area contributed by atoms with Crippen LogP contribution in [0.25, 0.3) is 5.57 Å². The van der Waals surface area contributed by atoms with Crippen LogP contribution in [0.1, 0.15) is 12.0 Å². The molecule has 1 aliphatic rings. The molecule has 1 aromatic rings. The van der Waals surface area contributed by atoms with Gasteiger partial charge in [0.25, 0.3) is 0 Å². The van der Waals surface area contributed by atoms with E-state index in [1.807, 2.05) is 24.3 Å². The summed E-state index contributed by atoms with van der Waals surface area (Å²) >= 11 is 5.84. The molecule has 2 rings (SSSR count). The van der Waals surface area contributed by atoms with Gasteiger partial charge in [0.2, 0.25) is 0 Å².